The summed E-state index contributed by atoms with van der Waals surface area (Å²) in [7, 11) is -3.30. The molecular weight excluding hydrogens is 376 g/mol. The lowest BCUT2D eigenvalue weighted by Gasteiger charge is -2.11. The van der Waals surface area contributed by atoms with Gasteiger partial charge in [0.25, 0.3) is 0 Å². The van der Waals surface area contributed by atoms with Crippen molar-refractivity contribution in [1.29, 1.82) is 0 Å². The van der Waals surface area contributed by atoms with Gasteiger partial charge in [-0.1, -0.05) is 23.7 Å². The van der Waals surface area contributed by atoms with Crippen LogP contribution in [0.3, 0.4) is 0 Å². The number of hydrogen-bond donors (Lipinski definition) is 0. The lowest BCUT2D eigenvalue weighted by atomic mass is 10.1. The Labute approximate surface area is 155 Å². The molecule has 134 valence electrons. The van der Waals surface area contributed by atoms with E-state index in [1.165, 1.54) is 12.1 Å². The van der Waals surface area contributed by atoms with Gasteiger partial charge in [-0.3, -0.25) is 0 Å². The van der Waals surface area contributed by atoms with Crippen molar-refractivity contribution in [1.82, 2.24) is 0 Å². The lowest BCUT2D eigenvalue weighted by molar-refractivity contribution is 0.410. The predicted octanol–water partition coefficient (Wildman–Crippen LogP) is 4.46. The number of rotatable bonds is 4. The van der Waals surface area contributed by atoms with Crippen LogP contribution < -0.4 is 10.4 Å². The van der Waals surface area contributed by atoms with Crippen LogP contribution in [0.25, 0.3) is 11.1 Å². The normalized spacial score (nSPS) is 11.3. The summed E-state index contributed by atoms with van der Waals surface area (Å²) in [5.74, 6) is 0.866. The fourth-order valence-corrected chi connectivity index (χ4v) is 3.17. The molecule has 0 bridgehead atoms. The van der Waals surface area contributed by atoms with Gasteiger partial charge in [-0.15, -0.1) is 0 Å². The van der Waals surface area contributed by atoms with E-state index in [4.69, 9.17) is 20.8 Å². The molecule has 0 atom stereocenters. The van der Waals surface area contributed by atoms with E-state index in [2.05, 4.69) is 0 Å². The summed E-state index contributed by atoms with van der Waals surface area (Å²) in [5.41, 5.74) is 0.522. The molecule has 0 aliphatic rings. The second kappa shape index (κ2) is 6.97. The van der Waals surface area contributed by atoms with E-state index in [1.807, 2.05) is 0 Å². The van der Waals surface area contributed by atoms with Gasteiger partial charge in [0.05, 0.1) is 4.90 Å². The third-order valence-electron chi connectivity index (χ3n) is 3.66. The number of aryl methyl sites for hydroxylation is 1. The molecule has 0 fully saturated rings. The van der Waals surface area contributed by atoms with Crippen molar-refractivity contribution in [3.05, 3.63) is 75.8 Å². The van der Waals surface area contributed by atoms with Crippen molar-refractivity contribution in [3.8, 4) is 22.6 Å². The first-order valence-electron chi connectivity index (χ1n) is 7.63. The van der Waals surface area contributed by atoms with Gasteiger partial charge in [0.15, 0.2) is 9.84 Å². The molecule has 0 saturated carbocycles. The minimum absolute atomic E-state index is 0.0185. The maximum absolute atomic E-state index is 12.3. The van der Waals surface area contributed by atoms with Gasteiger partial charge in [-0.25, -0.2) is 13.2 Å². The van der Waals surface area contributed by atoms with E-state index in [0.29, 0.717) is 27.7 Å². The monoisotopic (exact) mass is 390 g/mol. The Morgan fingerprint density at radius 3 is 2.19 bits per heavy atom. The second-order valence-corrected chi connectivity index (χ2v) is 8.19. The van der Waals surface area contributed by atoms with Crippen LogP contribution in [0.15, 0.2) is 68.7 Å². The van der Waals surface area contributed by atoms with E-state index < -0.39 is 15.5 Å². The number of ether oxygens (including phenoxy) is 1. The SMILES string of the molecule is Cc1cc(-c2ccc(S(C)(=O)=O)cc2)c(Oc2ccc(Cl)cc2)c(=O)o1. The Bertz CT molecular complexity index is 1100. The average molecular weight is 391 g/mol. The van der Waals surface area contributed by atoms with Crippen LogP contribution in [0.2, 0.25) is 5.02 Å². The van der Waals surface area contributed by atoms with Gasteiger partial charge in [-0.2, -0.15) is 0 Å². The highest BCUT2D eigenvalue weighted by Gasteiger charge is 2.16. The van der Waals surface area contributed by atoms with Gasteiger partial charge in [0.2, 0.25) is 5.75 Å². The van der Waals surface area contributed by atoms with Gasteiger partial charge in [-0.05, 0) is 55.0 Å². The maximum Gasteiger partial charge on any atom is 0.379 e. The van der Waals surface area contributed by atoms with E-state index in [0.717, 1.165) is 6.26 Å². The molecule has 0 aliphatic heterocycles. The molecule has 0 unspecified atom stereocenters. The quantitative estimate of drug-likeness (QED) is 0.657. The predicted molar refractivity (Wildman–Crippen MR) is 99.8 cm³/mol. The van der Waals surface area contributed by atoms with Crippen LogP contribution in [-0.2, 0) is 9.84 Å². The Balaban J connectivity index is 2.09. The van der Waals surface area contributed by atoms with E-state index >= 15 is 0 Å². The molecule has 2 aromatic carbocycles. The molecule has 7 heteroatoms. The Morgan fingerprint density at radius 2 is 1.62 bits per heavy atom. The van der Waals surface area contributed by atoms with Crippen LogP contribution in [0.4, 0.5) is 0 Å². The van der Waals surface area contributed by atoms with Crippen molar-refractivity contribution >= 4 is 21.4 Å². The standard InChI is InChI=1S/C19H15ClO5S/c1-12-11-17(13-3-9-16(10-4-13)26(2,22)23)18(19(21)24-12)25-15-7-5-14(20)6-8-15/h3-11H,1-2H3. The summed E-state index contributed by atoms with van der Waals surface area (Å²) in [6, 6.07) is 14.5. The number of halogens is 1. The van der Waals surface area contributed by atoms with Gasteiger partial charge >= 0.3 is 5.63 Å². The Hall–Kier alpha value is -2.57. The number of sulfone groups is 1. The first kappa shape index (κ1) is 18.2. The Morgan fingerprint density at radius 1 is 1.00 bits per heavy atom. The summed E-state index contributed by atoms with van der Waals surface area (Å²) in [4.78, 5) is 12.5. The molecule has 1 aromatic heterocycles. The highest BCUT2D eigenvalue weighted by molar-refractivity contribution is 7.90. The first-order valence-corrected chi connectivity index (χ1v) is 9.89. The van der Waals surface area contributed by atoms with Gasteiger partial charge in [0.1, 0.15) is 11.5 Å². The number of hydrogen-bond acceptors (Lipinski definition) is 5. The van der Waals surface area contributed by atoms with Gasteiger partial charge in [0, 0.05) is 16.8 Å². The van der Waals surface area contributed by atoms with E-state index in [1.54, 1.807) is 49.4 Å². The zero-order valence-electron chi connectivity index (χ0n) is 14.0. The van der Waals surface area contributed by atoms with E-state index in [-0.39, 0.29) is 10.6 Å². The molecule has 3 rings (SSSR count). The average Bonchev–Trinajstić information content (AvgIpc) is 2.58. The molecule has 0 aliphatic carbocycles. The van der Waals surface area contributed by atoms with Crippen molar-refractivity contribution in [2.24, 2.45) is 0 Å². The third kappa shape index (κ3) is 3.98. The summed E-state index contributed by atoms with van der Waals surface area (Å²) in [6.45, 7) is 1.65. The third-order valence-corrected chi connectivity index (χ3v) is 5.04. The summed E-state index contributed by atoms with van der Waals surface area (Å²) in [6.07, 6.45) is 1.14. The first-order chi connectivity index (χ1) is 12.2. The molecule has 3 aromatic rings. The van der Waals surface area contributed by atoms with Crippen LogP contribution in [0.5, 0.6) is 11.5 Å². The van der Waals surface area contributed by atoms with Crippen molar-refractivity contribution in [2.75, 3.05) is 6.26 Å². The van der Waals surface area contributed by atoms with E-state index in [9.17, 15) is 13.2 Å². The molecule has 5 nitrogen and oxygen atoms in total. The topological polar surface area (TPSA) is 73.6 Å². The second-order valence-electron chi connectivity index (χ2n) is 5.74. The molecular formula is C19H15ClO5S. The molecule has 0 amide bonds. The minimum atomic E-state index is -3.30. The molecule has 1 heterocycles. The number of benzene rings is 2. The molecule has 0 spiro atoms. The summed E-state index contributed by atoms with van der Waals surface area (Å²) < 4.78 is 34.1. The largest absolute Gasteiger partial charge is 0.449 e. The van der Waals surface area contributed by atoms with Crippen LogP contribution in [0.1, 0.15) is 5.76 Å². The summed E-state index contributed by atoms with van der Waals surface area (Å²) in [5, 5.41) is 0.546. The fourth-order valence-electron chi connectivity index (χ4n) is 2.41. The van der Waals surface area contributed by atoms with Crippen LogP contribution in [0, 0.1) is 6.92 Å². The van der Waals surface area contributed by atoms with Crippen molar-refractivity contribution in [2.45, 2.75) is 11.8 Å². The molecule has 0 N–H and O–H groups in total. The highest BCUT2D eigenvalue weighted by Crippen LogP contribution is 2.32. The van der Waals surface area contributed by atoms with Crippen molar-refractivity contribution < 1.29 is 17.6 Å². The van der Waals surface area contributed by atoms with Crippen LogP contribution >= 0.6 is 11.6 Å². The smallest absolute Gasteiger partial charge is 0.379 e. The minimum Gasteiger partial charge on any atom is -0.449 e. The zero-order valence-corrected chi connectivity index (χ0v) is 15.6. The lowest BCUT2D eigenvalue weighted by Crippen LogP contribution is -2.06. The van der Waals surface area contributed by atoms with Crippen LogP contribution in [-0.4, -0.2) is 14.7 Å². The fraction of sp³-hybridized carbons (Fsp3) is 0.105. The Kier molecular flexibility index (Phi) is 4.89. The molecule has 26 heavy (non-hydrogen) atoms. The van der Waals surface area contributed by atoms with Gasteiger partial charge < -0.3 is 9.15 Å². The molecule has 0 saturated heterocycles. The summed E-state index contributed by atoms with van der Waals surface area (Å²) >= 11 is 5.86. The maximum atomic E-state index is 12.3. The van der Waals surface area contributed by atoms with Crippen molar-refractivity contribution in [3.63, 3.8) is 0 Å². The highest BCUT2D eigenvalue weighted by atomic mass is 35.5. The molecule has 0 radical (unpaired) electrons. The zero-order chi connectivity index (χ0) is 18.9.